The average Bonchev–Trinajstić information content (AvgIpc) is 3.25. The third-order valence-corrected chi connectivity index (χ3v) is 6.45. The number of carbonyl (C=O) groups excluding carboxylic acids is 1. The van der Waals surface area contributed by atoms with Gasteiger partial charge in [0.25, 0.3) is 0 Å². The maximum atomic E-state index is 12.0. The van der Waals surface area contributed by atoms with Crippen LogP contribution in [0.25, 0.3) is 10.2 Å². The summed E-state index contributed by atoms with van der Waals surface area (Å²) < 4.78 is 1.14. The molecule has 0 aliphatic carbocycles. The van der Waals surface area contributed by atoms with Crippen LogP contribution in [0.15, 0.2) is 30.2 Å². The molecule has 2 aliphatic heterocycles. The molecule has 3 aromatic heterocycles. The van der Waals surface area contributed by atoms with Gasteiger partial charge in [0.05, 0.1) is 16.8 Å². The van der Waals surface area contributed by atoms with Gasteiger partial charge in [-0.15, -0.1) is 11.3 Å². The summed E-state index contributed by atoms with van der Waals surface area (Å²) in [6.45, 7) is 5.33. The zero-order chi connectivity index (χ0) is 19.8. The number of rotatable bonds is 3. The van der Waals surface area contributed by atoms with Crippen molar-refractivity contribution in [3.8, 4) is 0 Å². The first-order valence-corrected chi connectivity index (χ1v) is 10.6. The number of likely N-dealkylation sites (N-methyl/N-ethyl adjacent to an activating group) is 1. The minimum atomic E-state index is 0.120. The molecule has 29 heavy (non-hydrogen) atoms. The minimum absolute atomic E-state index is 0.120. The van der Waals surface area contributed by atoms with Crippen molar-refractivity contribution in [2.75, 3.05) is 67.6 Å². The van der Waals surface area contributed by atoms with E-state index in [2.05, 4.69) is 35.1 Å². The summed E-state index contributed by atoms with van der Waals surface area (Å²) in [7, 11) is 1.84. The van der Waals surface area contributed by atoms with Crippen LogP contribution in [0.1, 0.15) is 0 Å². The molecule has 5 heterocycles. The van der Waals surface area contributed by atoms with Crippen molar-refractivity contribution in [1.82, 2.24) is 24.8 Å². The van der Waals surface area contributed by atoms with Gasteiger partial charge in [-0.3, -0.25) is 4.79 Å². The third-order valence-electron chi connectivity index (χ3n) is 5.55. The first kappa shape index (κ1) is 18.0. The number of hydrogen-bond donors (Lipinski definition) is 0. The highest BCUT2D eigenvalue weighted by Crippen LogP contribution is 2.29. The summed E-state index contributed by atoms with van der Waals surface area (Å²) in [5.41, 5.74) is 1.00. The largest absolute Gasteiger partial charge is 0.353 e. The number of amides is 1. The molecule has 0 unspecified atom stereocenters. The van der Waals surface area contributed by atoms with E-state index < -0.39 is 0 Å². The Hall–Kier alpha value is -3.01. The zero-order valence-corrected chi connectivity index (χ0v) is 17.0. The van der Waals surface area contributed by atoms with Gasteiger partial charge in [-0.2, -0.15) is 0 Å². The van der Waals surface area contributed by atoms with E-state index in [1.807, 2.05) is 24.1 Å². The first-order chi connectivity index (χ1) is 14.2. The van der Waals surface area contributed by atoms with Gasteiger partial charge in [0.15, 0.2) is 0 Å². The van der Waals surface area contributed by atoms with Crippen molar-refractivity contribution in [3.63, 3.8) is 0 Å². The van der Waals surface area contributed by atoms with Crippen LogP contribution in [0, 0.1) is 0 Å². The predicted octanol–water partition coefficient (Wildman–Crippen LogP) is 1.09. The Morgan fingerprint density at radius 3 is 2.34 bits per heavy atom. The van der Waals surface area contributed by atoms with Gasteiger partial charge in [-0.1, -0.05) is 0 Å². The molecule has 0 bridgehead atoms. The molecule has 0 radical (unpaired) electrons. The smallest absolute Gasteiger partial charge is 0.241 e. The first-order valence-electron chi connectivity index (χ1n) is 9.68. The van der Waals surface area contributed by atoms with E-state index in [-0.39, 0.29) is 5.91 Å². The van der Waals surface area contributed by atoms with Crippen molar-refractivity contribution in [3.05, 3.63) is 30.2 Å². The van der Waals surface area contributed by atoms with Crippen LogP contribution in [0.2, 0.25) is 0 Å². The van der Waals surface area contributed by atoms with Gasteiger partial charge < -0.3 is 19.6 Å². The van der Waals surface area contributed by atoms with E-state index in [0.717, 1.165) is 60.4 Å². The molecule has 0 spiro atoms. The second kappa shape index (κ2) is 7.43. The van der Waals surface area contributed by atoms with E-state index in [1.54, 1.807) is 28.9 Å². The van der Waals surface area contributed by atoms with Crippen LogP contribution in [-0.4, -0.2) is 83.6 Å². The molecule has 150 valence electrons. The molecule has 0 aromatic carbocycles. The summed E-state index contributed by atoms with van der Waals surface area (Å²) in [6, 6.07) is 4.03. The molecule has 0 saturated carbocycles. The number of nitrogens with zero attached hydrogens (tertiary/aromatic N) is 8. The Kier molecular flexibility index (Phi) is 4.62. The maximum absolute atomic E-state index is 12.0. The van der Waals surface area contributed by atoms with Crippen LogP contribution < -0.4 is 14.7 Å². The lowest BCUT2D eigenvalue weighted by atomic mass is 10.3. The standard InChI is InChI=1S/C19H22N8OS/c1-24-3-4-27(11-17(24)28)16-10-15(21-13-22-16)25-5-7-26(8-6-25)19-18-14(2-9-29-18)20-12-23-19/h2,9-10,12-13H,3-8,11H2,1H3. The van der Waals surface area contributed by atoms with Gasteiger partial charge in [0, 0.05) is 52.4 Å². The Balaban J connectivity index is 1.29. The summed E-state index contributed by atoms with van der Waals surface area (Å²) in [5.74, 6) is 2.86. The molecule has 2 aliphatic rings. The van der Waals surface area contributed by atoms with Crippen molar-refractivity contribution >= 4 is 44.9 Å². The lowest BCUT2D eigenvalue weighted by molar-refractivity contribution is -0.129. The number of carbonyl (C=O) groups is 1. The van der Waals surface area contributed by atoms with Crippen LogP contribution in [0.5, 0.6) is 0 Å². The highest BCUT2D eigenvalue weighted by molar-refractivity contribution is 7.17. The number of aromatic nitrogens is 4. The van der Waals surface area contributed by atoms with Crippen LogP contribution in [0.3, 0.4) is 0 Å². The lowest BCUT2D eigenvalue weighted by Gasteiger charge is -2.37. The van der Waals surface area contributed by atoms with Gasteiger partial charge in [0.1, 0.15) is 30.1 Å². The molecule has 2 fully saturated rings. The maximum Gasteiger partial charge on any atom is 0.241 e. The number of thiophene rings is 1. The Bertz CT molecular complexity index is 1030. The highest BCUT2D eigenvalue weighted by atomic mass is 32.1. The van der Waals surface area contributed by atoms with E-state index in [9.17, 15) is 4.79 Å². The highest BCUT2D eigenvalue weighted by Gasteiger charge is 2.24. The number of hydrogen-bond acceptors (Lipinski definition) is 9. The number of piperazine rings is 2. The third kappa shape index (κ3) is 3.44. The minimum Gasteiger partial charge on any atom is -0.353 e. The fourth-order valence-corrected chi connectivity index (χ4v) is 4.65. The fraction of sp³-hybridized carbons (Fsp3) is 0.421. The normalized spacial score (nSPS) is 18.0. The van der Waals surface area contributed by atoms with E-state index in [1.165, 1.54) is 0 Å². The molecule has 3 aromatic rings. The second-order valence-electron chi connectivity index (χ2n) is 7.28. The summed E-state index contributed by atoms with van der Waals surface area (Å²) in [4.78, 5) is 38.1. The van der Waals surface area contributed by atoms with Crippen molar-refractivity contribution in [1.29, 1.82) is 0 Å². The molecule has 1 amide bonds. The quantitative estimate of drug-likeness (QED) is 0.635. The summed E-state index contributed by atoms with van der Waals surface area (Å²) in [5, 5.41) is 2.06. The second-order valence-corrected chi connectivity index (χ2v) is 8.19. The zero-order valence-electron chi connectivity index (χ0n) is 16.2. The van der Waals surface area contributed by atoms with Crippen molar-refractivity contribution in [2.45, 2.75) is 0 Å². The summed E-state index contributed by atoms with van der Waals surface area (Å²) >= 11 is 1.69. The Morgan fingerprint density at radius 2 is 1.55 bits per heavy atom. The average molecular weight is 411 g/mol. The van der Waals surface area contributed by atoms with E-state index >= 15 is 0 Å². The number of fused-ring (bicyclic) bond motifs is 1. The van der Waals surface area contributed by atoms with Crippen molar-refractivity contribution in [2.24, 2.45) is 0 Å². The molecular formula is C19H22N8OS. The van der Waals surface area contributed by atoms with E-state index in [0.29, 0.717) is 13.1 Å². The van der Waals surface area contributed by atoms with Crippen LogP contribution in [0.4, 0.5) is 17.5 Å². The fourth-order valence-electron chi connectivity index (χ4n) is 3.79. The number of anilines is 3. The molecule has 0 N–H and O–H groups in total. The molecule has 5 rings (SSSR count). The van der Waals surface area contributed by atoms with Gasteiger partial charge >= 0.3 is 0 Å². The van der Waals surface area contributed by atoms with Crippen LogP contribution >= 0.6 is 11.3 Å². The van der Waals surface area contributed by atoms with Crippen LogP contribution in [-0.2, 0) is 4.79 Å². The topological polar surface area (TPSA) is 81.6 Å². The van der Waals surface area contributed by atoms with Crippen molar-refractivity contribution < 1.29 is 4.79 Å². The molecule has 0 atom stereocenters. The monoisotopic (exact) mass is 410 g/mol. The van der Waals surface area contributed by atoms with Gasteiger partial charge in [-0.25, -0.2) is 19.9 Å². The molecule has 9 nitrogen and oxygen atoms in total. The molecular weight excluding hydrogens is 388 g/mol. The van der Waals surface area contributed by atoms with E-state index in [4.69, 9.17) is 0 Å². The Morgan fingerprint density at radius 1 is 0.862 bits per heavy atom. The SMILES string of the molecule is CN1CCN(c2cc(N3CCN(c4ncnc5ccsc45)CC3)ncn2)CC1=O. The molecule has 10 heteroatoms. The molecule has 2 saturated heterocycles. The summed E-state index contributed by atoms with van der Waals surface area (Å²) in [6.07, 6.45) is 3.24. The van der Waals surface area contributed by atoms with Gasteiger partial charge in [-0.05, 0) is 11.4 Å². The van der Waals surface area contributed by atoms with Gasteiger partial charge in [0.2, 0.25) is 5.91 Å². The Labute approximate surface area is 172 Å². The predicted molar refractivity (Wildman–Crippen MR) is 114 cm³/mol. The lowest BCUT2D eigenvalue weighted by Crippen LogP contribution is -2.49.